The Bertz CT molecular complexity index is 786. The van der Waals surface area contributed by atoms with Gasteiger partial charge in [0.05, 0.1) is 12.7 Å². The maximum atomic E-state index is 12.6. The lowest BCUT2D eigenvalue weighted by molar-refractivity contribution is 0.0614. The first kappa shape index (κ1) is 21.3. The highest BCUT2D eigenvalue weighted by atomic mass is 16.5. The van der Waals surface area contributed by atoms with Gasteiger partial charge in [-0.3, -0.25) is 4.79 Å². The molecule has 1 heterocycles. The number of hydrogen-bond acceptors (Lipinski definition) is 5. The van der Waals surface area contributed by atoms with Crippen LogP contribution in [0.5, 0.6) is 11.5 Å². The number of benzene rings is 2. The smallest absolute Gasteiger partial charge is 0.166 e. The van der Waals surface area contributed by atoms with Crippen LogP contribution in [-0.4, -0.2) is 55.2 Å². The van der Waals surface area contributed by atoms with Gasteiger partial charge in [-0.05, 0) is 56.1 Å². The Labute approximate surface area is 173 Å². The molecule has 0 amide bonds. The molecule has 156 valence electrons. The summed E-state index contributed by atoms with van der Waals surface area (Å²) in [6, 6.07) is 15.0. The van der Waals surface area contributed by atoms with Crippen LogP contribution in [0.15, 0.2) is 48.5 Å². The summed E-state index contributed by atoms with van der Waals surface area (Å²) in [4.78, 5) is 14.9. The lowest BCUT2D eigenvalue weighted by Crippen LogP contribution is -2.38. The van der Waals surface area contributed by atoms with Gasteiger partial charge in [-0.25, -0.2) is 0 Å². The largest absolute Gasteiger partial charge is 0.496 e. The third-order valence-electron chi connectivity index (χ3n) is 5.35. The van der Waals surface area contributed by atoms with Crippen molar-refractivity contribution in [2.45, 2.75) is 38.2 Å². The number of ether oxygens (including phenoxy) is 2. The monoisotopic (exact) mass is 397 g/mol. The normalized spacial score (nSPS) is 15.7. The second kappa shape index (κ2) is 11.0. The number of piperidine rings is 1. The summed E-state index contributed by atoms with van der Waals surface area (Å²) in [5.74, 6) is 1.38. The van der Waals surface area contributed by atoms with Crippen LogP contribution in [0.3, 0.4) is 0 Å². The highest BCUT2D eigenvalue weighted by Gasteiger charge is 2.16. The number of carbonyl (C=O) groups is 1. The highest BCUT2D eigenvalue weighted by molar-refractivity contribution is 5.98. The van der Waals surface area contributed by atoms with Crippen molar-refractivity contribution in [3.05, 3.63) is 59.7 Å². The quantitative estimate of drug-likeness (QED) is 0.619. The Hall–Kier alpha value is -2.37. The third-order valence-corrected chi connectivity index (χ3v) is 5.35. The Balaban J connectivity index is 1.54. The van der Waals surface area contributed by atoms with Gasteiger partial charge in [-0.1, -0.05) is 36.8 Å². The fourth-order valence-corrected chi connectivity index (χ4v) is 3.79. The minimum absolute atomic E-state index is 0.0439. The molecule has 0 aromatic heterocycles. The van der Waals surface area contributed by atoms with Gasteiger partial charge in [-0.15, -0.1) is 0 Å². The first-order chi connectivity index (χ1) is 14.2. The first-order valence-corrected chi connectivity index (χ1v) is 10.4. The van der Waals surface area contributed by atoms with Crippen LogP contribution in [0.2, 0.25) is 0 Å². The highest BCUT2D eigenvalue weighted by Crippen LogP contribution is 2.23. The Morgan fingerprint density at radius 1 is 1.03 bits per heavy atom. The number of β-amino-alcohol motifs (C(OH)–C–C–N with tert-alkyl or cyclic N) is 1. The molecule has 2 aromatic rings. The van der Waals surface area contributed by atoms with E-state index >= 15 is 0 Å². The molecule has 1 saturated heterocycles. The summed E-state index contributed by atoms with van der Waals surface area (Å²) in [6.45, 7) is 3.01. The Kier molecular flexibility index (Phi) is 8.08. The van der Waals surface area contributed by atoms with Crippen LogP contribution in [0.1, 0.15) is 41.6 Å². The molecule has 1 unspecified atom stereocenters. The zero-order valence-corrected chi connectivity index (χ0v) is 17.2. The van der Waals surface area contributed by atoms with E-state index in [0.29, 0.717) is 30.7 Å². The van der Waals surface area contributed by atoms with Gasteiger partial charge in [0.15, 0.2) is 5.78 Å². The van der Waals surface area contributed by atoms with Crippen molar-refractivity contribution in [3.8, 4) is 11.5 Å². The van der Waals surface area contributed by atoms with Crippen LogP contribution in [0.4, 0.5) is 0 Å². The molecule has 5 heteroatoms. The molecule has 1 N–H and O–H groups in total. The summed E-state index contributed by atoms with van der Waals surface area (Å²) < 4.78 is 11.2. The second-order valence-electron chi connectivity index (χ2n) is 7.56. The van der Waals surface area contributed by atoms with Crippen molar-refractivity contribution in [1.29, 1.82) is 0 Å². The number of ketones is 1. The van der Waals surface area contributed by atoms with Crippen molar-refractivity contribution in [2.24, 2.45) is 0 Å². The second-order valence-corrected chi connectivity index (χ2v) is 7.56. The van der Waals surface area contributed by atoms with Crippen molar-refractivity contribution < 1.29 is 19.4 Å². The van der Waals surface area contributed by atoms with Crippen LogP contribution in [0.25, 0.3) is 0 Å². The van der Waals surface area contributed by atoms with Gasteiger partial charge in [0.25, 0.3) is 0 Å². The molecule has 1 aliphatic rings. The number of likely N-dealkylation sites (tertiary alicyclic amines) is 1. The molecule has 29 heavy (non-hydrogen) atoms. The zero-order valence-electron chi connectivity index (χ0n) is 17.2. The molecule has 1 fully saturated rings. The Morgan fingerprint density at radius 2 is 1.72 bits per heavy atom. The first-order valence-electron chi connectivity index (χ1n) is 10.4. The van der Waals surface area contributed by atoms with E-state index in [0.717, 1.165) is 24.4 Å². The van der Waals surface area contributed by atoms with Gasteiger partial charge < -0.3 is 19.5 Å². The number of rotatable bonds is 10. The minimum atomic E-state index is -0.517. The van der Waals surface area contributed by atoms with Crippen molar-refractivity contribution in [1.82, 2.24) is 4.90 Å². The maximum Gasteiger partial charge on any atom is 0.166 e. The molecule has 1 atom stereocenters. The molecule has 3 rings (SSSR count). The maximum absolute atomic E-state index is 12.6. The molecule has 0 radical (unpaired) electrons. The average molecular weight is 398 g/mol. The summed E-state index contributed by atoms with van der Waals surface area (Å²) in [6.07, 6.45) is 4.13. The van der Waals surface area contributed by atoms with Crippen LogP contribution in [-0.2, 0) is 6.42 Å². The molecule has 2 aromatic carbocycles. The number of carbonyl (C=O) groups excluding carboxylic acids is 1. The lowest BCUT2D eigenvalue weighted by Gasteiger charge is -2.28. The van der Waals surface area contributed by atoms with E-state index in [9.17, 15) is 9.90 Å². The molecule has 5 nitrogen and oxygen atoms in total. The number of aryl methyl sites for hydroxylation is 1. The summed E-state index contributed by atoms with van der Waals surface area (Å²) in [5.41, 5.74) is 1.58. The van der Waals surface area contributed by atoms with Gasteiger partial charge in [0, 0.05) is 13.0 Å². The van der Waals surface area contributed by atoms with Crippen LogP contribution < -0.4 is 9.47 Å². The van der Waals surface area contributed by atoms with Gasteiger partial charge in [0.2, 0.25) is 0 Å². The molecule has 1 aliphatic heterocycles. The van der Waals surface area contributed by atoms with E-state index in [2.05, 4.69) is 4.90 Å². The topological polar surface area (TPSA) is 59.0 Å². The zero-order chi connectivity index (χ0) is 20.5. The van der Waals surface area contributed by atoms with Gasteiger partial charge >= 0.3 is 0 Å². The molecule has 0 saturated carbocycles. The number of aliphatic hydroxyl groups excluding tert-OH is 1. The molecular weight excluding hydrogens is 366 g/mol. The predicted octanol–water partition coefficient (Wildman–Crippen LogP) is 3.74. The van der Waals surface area contributed by atoms with Gasteiger partial charge in [-0.2, -0.15) is 0 Å². The third kappa shape index (κ3) is 6.31. The SMILES string of the molecule is COc1ccccc1C(=O)CCc1ccccc1OCC(O)CN1CCCCC1. The number of hydrogen-bond donors (Lipinski definition) is 1. The van der Waals surface area contributed by atoms with Crippen molar-refractivity contribution in [2.75, 3.05) is 33.4 Å². The number of Topliss-reactive ketones (excluding diaryl/α,β-unsaturated/α-hetero) is 1. The molecule has 0 spiro atoms. The van der Waals surface area contributed by atoms with E-state index in [1.54, 1.807) is 19.2 Å². The van der Waals surface area contributed by atoms with E-state index in [4.69, 9.17) is 9.47 Å². The van der Waals surface area contributed by atoms with E-state index in [1.807, 2.05) is 36.4 Å². The molecule has 0 aliphatic carbocycles. The standard InChI is InChI=1S/C24H31NO4/c1-28-24-12-6-4-10-21(24)22(27)14-13-19-9-3-5-11-23(19)29-18-20(26)17-25-15-7-2-8-16-25/h3-6,9-12,20,26H,2,7-8,13-18H2,1H3. The lowest BCUT2D eigenvalue weighted by atomic mass is 10.0. The number of para-hydroxylation sites is 2. The Morgan fingerprint density at radius 3 is 2.48 bits per heavy atom. The summed E-state index contributed by atoms with van der Waals surface area (Å²) in [7, 11) is 1.57. The van der Waals surface area contributed by atoms with Crippen LogP contribution in [0, 0.1) is 0 Å². The fourth-order valence-electron chi connectivity index (χ4n) is 3.79. The van der Waals surface area contributed by atoms with Crippen LogP contribution >= 0.6 is 0 Å². The summed E-state index contributed by atoms with van der Waals surface area (Å²) >= 11 is 0. The fraction of sp³-hybridized carbons (Fsp3) is 0.458. The van der Waals surface area contributed by atoms with E-state index in [-0.39, 0.29) is 12.4 Å². The van der Waals surface area contributed by atoms with E-state index in [1.165, 1.54) is 19.3 Å². The molecule has 0 bridgehead atoms. The summed E-state index contributed by atoms with van der Waals surface area (Å²) in [5, 5.41) is 10.3. The average Bonchev–Trinajstić information content (AvgIpc) is 2.77. The van der Waals surface area contributed by atoms with E-state index < -0.39 is 6.10 Å². The number of nitrogens with zero attached hydrogens (tertiary/aromatic N) is 1. The van der Waals surface area contributed by atoms with Crippen molar-refractivity contribution >= 4 is 5.78 Å². The minimum Gasteiger partial charge on any atom is -0.496 e. The molecular formula is C24H31NO4. The predicted molar refractivity (Wildman–Crippen MR) is 114 cm³/mol. The van der Waals surface area contributed by atoms with Crippen molar-refractivity contribution in [3.63, 3.8) is 0 Å². The number of aliphatic hydroxyl groups is 1. The number of methoxy groups -OCH3 is 1. The van der Waals surface area contributed by atoms with Gasteiger partial charge in [0.1, 0.15) is 24.2 Å².